The fraction of sp³-hybridized carbons (Fsp3) is 0.500. The van der Waals surface area contributed by atoms with Gasteiger partial charge < -0.3 is 15.1 Å². The Balaban J connectivity index is 0.00000180. The van der Waals surface area contributed by atoms with E-state index in [1.165, 1.54) is 0 Å². The molecule has 0 bridgehead atoms. The van der Waals surface area contributed by atoms with Crippen LogP contribution < -0.4 is 10.2 Å². The molecule has 0 aliphatic carbocycles. The molecule has 1 aromatic heterocycles. The van der Waals surface area contributed by atoms with Crippen molar-refractivity contribution < 1.29 is 4.79 Å². The van der Waals surface area contributed by atoms with Crippen LogP contribution >= 0.6 is 36.4 Å². The lowest BCUT2D eigenvalue weighted by Crippen LogP contribution is -2.44. The Morgan fingerprint density at radius 3 is 2.45 bits per heavy atom. The number of nitrogens with zero attached hydrogens (tertiary/aromatic N) is 3. The zero-order chi connectivity index (χ0) is 13.0. The van der Waals surface area contributed by atoms with E-state index >= 15 is 0 Å². The summed E-state index contributed by atoms with van der Waals surface area (Å²) in [6.45, 7) is 4.06. The van der Waals surface area contributed by atoms with Crippen LogP contribution in [-0.2, 0) is 4.79 Å². The molecule has 0 unspecified atom stereocenters. The molecule has 0 radical (unpaired) electrons. The summed E-state index contributed by atoms with van der Waals surface area (Å²) >= 11 is 5.42. The lowest BCUT2D eigenvalue weighted by atomic mass is 10.3. The van der Waals surface area contributed by atoms with Crippen molar-refractivity contribution in [3.8, 4) is 0 Å². The number of anilines is 2. The molecule has 2 heterocycles. The Morgan fingerprint density at radius 2 is 1.95 bits per heavy atom. The third-order valence-corrected chi connectivity index (χ3v) is 3.22. The minimum absolute atomic E-state index is 0. The molecule has 0 spiro atoms. The molecule has 2 rings (SSSR count). The first-order chi connectivity index (χ1) is 8.69. The van der Waals surface area contributed by atoms with Gasteiger partial charge in [0.15, 0.2) is 0 Å². The van der Waals surface area contributed by atoms with Gasteiger partial charge in [-0.25, -0.2) is 4.98 Å². The van der Waals surface area contributed by atoms with Crippen molar-refractivity contribution in [3.05, 3.63) is 18.3 Å². The maximum atomic E-state index is 11.1. The van der Waals surface area contributed by atoms with E-state index in [0.717, 1.165) is 32.0 Å². The Hall–Kier alpha value is -0.750. The number of hydrogen-bond acceptors (Lipinski definition) is 4. The molecule has 20 heavy (non-hydrogen) atoms. The molecular formula is C12H19Cl3N4O. The molecule has 1 aliphatic heterocycles. The number of halogens is 3. The van der Waals surface area contributed by atoms with E-state index in [2.05, 4.69) is 27.1 Å². The minimum Gasteiger partial charge on any atom is -0.354 e. The van der Waals surface area contributed by atoms with Gasteiger partial charge in [0.1, 0.15) is 11.7 Å². The van der Waals surface area contributed by atoms with E-state index in [-0.39, 0.29) is 36.6 Å². The Labute approximate surface area is 136 Å². The van der Waals surface area contributed by atoms with Crippen LogP contribution in [0.15, 0.2) is 18.3 Å². The van der Waals surface area contributed by atoms with Crippen LogP contribution in [0.4, 0.5) is 11.5 Å². The third kappa shape index (κ3) is 5.32. The summed E-state index contributed by atoms with van der Waals surface area (Å²) < 4.78 is 0. The van der Waals surface area contributed by atoms with Crippen LogP contribution in [0.5, 0.6) is 0 Å². The summed E-state index contributed by atoms with van der Waals surface area (Å²) in [7, 11) is 2.12. The van der Waals surface area contributed by atoms with Crippen molar-refractivity contribution in [2.75, 3.05) is 49.3 Å². The molecule has 1 aliphatic rings. The van der Waals surface area contributed by atoms with Crippen molar-refractivity contribution in [3.63, 3.8) is 0 Å². The molecule has 1 amide bonds. The molecule has 0 saturated carbocycles. The molecule has 1 aromatic rings. The Morgan fingerprint density at radius 1 is 1.30 bits per heavy atom. The van der Waals surface area contributed by atoms with E-state index in [1.54, 1.807) is 6.20 Å². The number of carbonyl (C=O) groups excluding carboxylic acids is 1. The van der Waals surface area contributed by atoms with Gasteiger partial charge in [-0.05, 0) is 19.2 Å². The lowest BCUT2D eigenvalue weighted by molar-refractivity contribution is -0.113. The summed E-state index contributed by atoms with van der Waals surface area (Å²) in [6.07, 6.45) is 1.66. The first kappa shape index (κ1) is 19.2. The van der Waals surface area contributed by atoms with Crippen LogP contribution in [-0.4, -0.2) is 54.9 Å². The van der Waals surface area contributed by atoms with Gasteiger partial charge in [-0.3, -0.25) is 4.79 Å². The molecule has 0 atom stereocenters. The molecule has 1 N–H and O–H groups in total. The second-order valence-corrected chi connectivity index (χ2v) is 4.64. The molecule has 1 saturated heterocycles. The quantitative estimate of drug-likeness (QED) is 0.853. The van der Waals surface area contributed by atoms with Gasteiger partial charge in [-0.1, -0.05) is 0 Å². The number of carbonyl (C=O) groups is 1. The van der Waals surface area contributed by atoms with Crippen LogP contribution in [0.3, 0.4) is 0 Å². The largest absolute Gasteiger partial charge is 0.354 e. The normalized spacial score (nSPS) is 15.0. The van der Waals surface area contributed by atoms with Crippen molar-refractivity contribution in [1.29, 1.82) is 0 Å². The van der Waals surface area contributed by atoms with Crippen LogP contribution in [0, 0.1) is 0 Å². The number of likely N-dealkylation sites (N-methyl/N-ethyl adjacent to an activating group) is 1. The SMILES string of the molecule is CN1CCN(c2ccc(NC(=O)CCl)cn2)CC1.Cl.Cl. The molecular weight excluding hydrogens is 323 g/mol. The molecule has 114 valence electrons. The maximum Gasteiger partial charge on any atom is 0.239 e. The number of alkyl halides is 1. The number of rotatable bonds is 3. The maximum absolute atomic E-state index is 11.1. The zero-order valence-corrected chi connectivity index (χ0v) is 13.6. The number of amides is 1. The smallest absolute Gasteiger partial charge is 0.239 e. The summed E-state index contributed by atoms with van der Waals surface area (Å²) in [5.74, 6) is 0.693. The Kier molecular flexibility index (Phi) is 8.89. The number of pyridine rings is 1. The molecule has 1 fully saturated rings. The van der Waals surface area contributed by atoms with Gasteiger partial charge in [0.2, 0.25) is 5.91 Å². The monoisotopic (exact) mass is 340 g/mol. The first-order valence-electron chi connectivity index (χ1n) is 5.94. The number of piperazine rings is 1. The summed E-state index contributed by atoms with van der Waals surface area (Å²) in [5, 5.41) is 2.67. The summed E-state index contributed by atoms with van der Waals surface area (Å²) in [6, 6.07) is 3.78. The summed E-state index contributed by atoms with van der Waals surface area (Å²) in [5.41, 5.74) is 0.679. The first-order valence-corrected chi connectivity index (χ1v) is 6.48. The summed E-state index contributed by atoms with van der Waals surface area (Å²) in [4.78, 5) is 20.0. The van der Waals surface area contributed by atoms with Gasteiger partial charge in [0.05, 0.1) is 11.9 Å². The fourth-order valence-corrected chi connectivity index (χ4v) is 1.94. The lowest BCUT2D eigenvalue weighted by Gasteiger charge is -2.33. The van der Waals surface area contributed by atoms with Crippen molar-refractivity contribution in [2.45, 2.75) is 0 Å². The van der Waals surface area contributed by atoms with Crippen LogP contribution in [0.25, 0.3) is 0 Å². The Bertz CT molecular complexity index is 408. The fourth-order valence-electron chi connectivity index (χ4n) is 1.88. The van der Waals surface area contributed by atoms with Gasteiger partial charge in [-0.15, -0.1) is 36.4 Å². The average Bonchev–Trinajstić information content (AvgIpc) is 2.40. The van der Waals surface area contributed by atoms with Crippen molar-refractivity contribution >= 4 is 53.8 Å². The standard InChI is InChI=1S/C12H17ClN4O.2ClH/c1-16-4-6-17(7-5-16)11-3-2-10(9-14-11)15-12(18)8-13;;/h2-3,9H,4-8H2,1H3,(H,15,18);2*1H. The van der Waals surface area contributed by atoms with Crippen molar-refractivity contribution in [1.82, 2.24) is 9.88 Å². The van der Waals surface area contributed by atoms with Crippen LogP contribution in [0.2, 0.25) is 0 Å². The van der Waals surface area contributed by atoms with Crippen molar-refractivity contribution in [2.24, 2.45) is 0 Å². The highest BCUT2D eigenvalue weighted by molar-refractivity contribution is 6.29. The van der Waals surface area contributed by atoms with E-state index in [4.69, 9.17) is 11.6 Å². The van der Waals surface area contributed by atoms with Gasteiger partial charge in [0, 0.05) is 26.2 Å². The van der Waals surface area contributed by atoms with Gasteiger partial charge in [-0.2, -0.15) is 0 Å². The second-order valence-electron chi connectivity index (χ2n) is 4.38. The predicted octanol–water partition coefficient (Wildman–Crippen LogP) is 1.85. The van der Waals surface area contributed by atoms with Crippen LogP contribution in [0.1, 0.15) is 0 Å². The topological polar surface area (TPSA) is 48.5 Å². The molecule has 8 heteroatoms. The van der Waals surface area contributed by atoms with E-state index in [0.29, 0.717) is 5.69 Å². The second kappa shape index (κ2) is 9.23. The number of hydrogen-bond donors (Lipinski definition) is 1. The van der Waals surface area contributed by atoms with E-state index in [1.807, 2.05) is 12.1 Å². The van der Waals surface area contributed by atoms with Gasteiger partial charge in [0.25, 0.3) is 0 Å². The highest BCUT2D eigenvalue weighted by atomic mass is 35.5. The predicted molar refractivity (Wildman–Crippen MR) is 87.8 cm³/mol. The molecule has 5 nitrogen and oxygen atoms in total. The number of aromatic nitrogens is 1. The average molecular weight is 342 g/mol. The third-order valence-electron chi connectivity index (χ3n) is 2.98. The van der Waals surface area contributed by atoms with Gasteiger partial charge >= 0.3 is 0 Å². The van der Waals surface area contributed by atoms with E-state index < -0.39 is 0 Å². The highest BCUT2D eigenvalue weighted by Crippen LogP contribution is 2.15. The van der Waals surface area contributed by atoms with E-state index in [9.17, 15) is 4.79 Å². The molecule has 0 aromatic carbocycles. The highest BCUT2D eigenvalue weighted by Gasteiger charge is 2.14. The number of nitrogens with one attached hydrogen (secondary N) is 1. The minimum atomic E-state index is -0.217. The zero-order valence-electron chi connectivity index (χ0n) is 11.2.